The zero-order valence-electron chi connectivity index (χ0n) is 13.7. The van der Waals surface area contributed by atoms with Crippen molar-refractivity contribution in [2.24, 2.45) is 5.41 Å². The molecule has 0 aromatic carbocycles. The van der Waals surface area contributed by atoms with Crippen molar-refractivity contribution in [3.63, 3.8) is 0 Å². The van der Waals surface area contributed by atoms with E-state index in [2.05, 4.69) is 52.0 Å². The van der Waals surface area contributed by atoms with Crippen LogP contribution in [0.15, 0.2) is 0 Å². The monoisotopic (exact) mass is 256 g/mol. The summed E-state index contributed by atoms with van der Waals surface area (Å²) in [7, 11) is 4.30. The van der Waals surface area contributed by atoms with Gasteiger partial charge in [-0.25, -0.2) is 0 Å². The molecule has 0 aliphatic carbocycles. The molecule has 0 aromatic rings. The van der Waals surface area contributed by atoms with Gasteiger partial charge in [-0.05, 0) is 32.9 Å². The highest BCUT2D eigenvalue weighted by atomic mass is 15.1. The molecule has 0 radical (unpaired) electrons. The predicted octanol–water partition coefficient (Wildman–Crippen LogP) is 3.91. The Hall–Kier alpha value is -0.0800. The average Bonchev–Trinajstić information content (AvgIpc) is 2.24. The predicted molar refractivity (Wildman–Crippen MR) is 83.2 cm³/mol. The van der Waals surface area contributed by atoms with Gasteiger partial charge >= 0.3 is 0 Å². The van der Waals surface area contributed by atoms with Crippen LogP contribution < -0.4 is 5.32 Å². The van der Waals surface area contributed by atoms with E-state index in [4.69, 9.17) is 0 Å². The van der Waals surface area contributed by atoms with Gasteiger partial charge in [-0.3, -0.25) is 0 Å². The normalized spacial score (nSPS) is 14.2. The fourth-order valence-electron chi connectivity index (χ4n) is 2.52. The summed E-state index contributed by atoms with van der Waals surface area (Å²) in [6.07, 6.45) is 8.25. The van der Waals surface area contributed by atoms with Crippen LogP contribution in [0.3, 0.4) is 0 Å². The summed E-state index contributed by atoms with van der Waals surface area (Å²) in [6, 6.07) is 0.660. The molecule has 2 nitrogen and oxygen atoms in total. The third-order valence-corrected chi connectivity index (χ3v) is 3.41. The van der Waals surface area contributed by atoms with Crippen LogP contribution >= 0.6 is 0 Å². The molecule has 0 aliphatic heterocycles. The van der Waals surface area contributed by atoms with Crippen LogP contribution in [0.25, 0.3) is 0 Å². The van der Waals surface area contributed by atoms with Crippen molar-refractivity contribution >= 4 is 0 Å². The van der Waals surface area contributed by atoms with E-state index < -0.39 is 0 Å². The third-order valence-electron chi connectivity index (χ3n) is 3.41. The quantitative estimate of drug-likeness (QED) is 0.564. The second-order valence-corrected chi connectivity index (χ2v) is 6.89. The maximum absolute atomic E-state index is 3.69. The Kier molecular flexibility index (Phi) is 9.76. The molecule has 0 aromatic heterocycles. The highest BCUT2D eigenvalue weighted by Gasteiger charge is 2.19. The molecule has 0 rings (SSSR count). The Morgan fingerprint density at radius 2 is 1.67 bits per heavy atom. The first-order chi connectivity index (χ1) is 8.37. The van der Waals surface area contributed by atoms with Crippen molar-refractivity contribution in [2.45, 2.75) is 72.3 Å². The molecule has 18 heavy (non-hydrogen) atoms. The minimum Gasteiger partial charge on any atom is -0.314 e. The number of nitrogens with one attached hydrogen (secondary N) is 1. The molecule has 0 saturated heterocycles. The van der Waals surface area contributed by atoms with Gasteiger partial charge in [-0.2, -0.15) is 0 Å². The minimum atomic E-state index is 0.361. The second-order valence-electron chi connectivity index (χ2n) is 6.89. The van der Waals surface area contributed by atoms with E-state index in [9.17, 15) is 0 Å². The van der Waals surface area contributed by atoms with Crippen molar-refractivity contribution in [2.75, 3.05) is 27.2 Å². The Bertz CT molecular complexity index is 188. The van der Waals surface area contributed by atoms with Crippen LogP contribution in [-0.2, 0) is 0 Å². The van der Waals surface area contributed by atoms with Crippen LogP contribution in [0.1, 0.15) is 66.2 Å². The van der Waals surface area contributed by atoms with E-state index in [0.717, 1.165) is 13.1 Å². The molecule has 2 heteroatoms. The molecular weight excluding hydrogens is 220 g/mol. The smallest absolute Gasteiger partial charge is 0.00389 e. The van der Waals surface area contributed by atoms with Crippen molar-refractivity contribution in [3.05, 3.63) is 0 Å². The molecule has 0 amide bonds. The number of rotatable bonds is 11. The molecule has 110 valence electrons. The van der Waals surface area contributed by atoms with Crippen LogP contribution in [0.2, 0.25) is 0 Å². The fourth-order valence-corrected chi connectivity index (χ4v) is 2.52. The standard InChI is InChI=1S/C16H36N2/c1-7-8-9-10-11-12-15(2)17-13-16(3,4)14-18(5)6/h15,17H,7-14H2,1-6H3. The van der Waals surface area contributed by atoms with Crippen molar-refractivity contribution in [3.8, 4) is 0 Å². The summed E-state index contributed by atoms with van der Waals surface area (Å²) in [5, 5.41) is 3.69. The summed E-state index contributed by atoms with van der Waals surface area (Å²) < 4.78 is 0. The molecule has 0 bridgehead atoms. The van der Waals surface area contributed by atoms with Crippen molar-refractivity contribution < 1.29 is 0 Å². The third kappa shape index (κ3) is 11.0. The summed E-state index contributed by atoms with van der Waals surface area (Å²) in [6.45, 7) is 11.5. The van der Waals surface area contributed by atoms with E-state index in [1.165, 1.54) is 38.5 Å². The van der Waals surface area contributed by atoms with Gasteiger partial charge in [0.15, 0.2) is 0 Å². The highest BCUT2D eigenvalue weighted by Crippen LogP contribution is 2.15. The van der Waals surface area contributed by atoms with E-state index in [0.29, 0.717) is 11.5 Å². The summed E-state index contributed by atoms with van der Waals surface area (Å²) in [5.74, 6) is 0. The van der Waals surface area contributed by atoms with Gasteiger partial charge in [0.1, 0.15) is 0 Å². The lowest BCUT2D eigenvalue weighted by Crippen LogP contribution is -2.40. The van der Waals surface area contributed by atoms with Crippen LogP contribution in [-0.4, -0.2) is 38.1 Å². The van der Waals surface area contributed by atoms with Gasteiger partial charge < -0.3 is 10.2 Å². The Balaban J connectivity index is 3.59. The van der Waals surface area contributed by atoms with E-state index in [1.54, 1.807) is 0 Å². The van der Waals surface area contributed by atoms with Crippen LogP contribution in [0.5, 0.6) is 0 Å². The first-order valence-corrected chi connectivity index (χ1v) is 7.75. The molecular formula is C16H36N2. The molecule has 1 atom stereocenters. The summed E-state index contributed by atoms with van der Waals surface area (Å²) >= 11 is 0. The van der Waals surface area contributed by atoms with E-state index in [1.807, 2.05) is 0 Å². The first-order valence-electron chi connectivity index (χ1n) is 7.75. The lowest BCUT2D eigenvalue weighted by atomic mass is 9.92. The lowest BCUT2D eigenvalue weighted by molar-refractivity contribution is 0.225. The van der Waals surface area contributed by atoms with Gasteiger partial charge in [-0.1, -0.05) is 52.9 Å². The number of hydrogen-bond acceptors (Lipinski definition) is 2. The number of hydrogen-bond donors (Lipinski definition) is 1. The second kappa shape index (κ2) is 9.80. The van der Waals surface area contributed by atoms with Crippen molar-refractivity contribution in [1.82, 2.24) is 10.2 Å². The van der Waals surface area contributed by atoms with E-state index in [-0.39, 0.29) is 0 Å². The maximum Gasteiger partial charge on any atom is 0.00389 e. The van der Waals surface area contributed by atoms with Gasteiger partial charge in [0, 0.05) is 19.1 Å². The highest BCUT2D eigenvalue weighted by molar-refractivity contribution is 4.76. The van der Waals surface area contributed by atoms with Crippen LogP contribution in [0, 0.1) is 5.41 Å². The Labute approximate surface area is 116 Å². The minimum absolute atomic E-state index is 0.361. The molecule has 0 aliphatic rings. The zero-order chi connectivity index (χ0) is 14.0. The number of unbranched alkanes of at least 4 members (excludes halogenated alkanes) is 4. The largest absolute Gasteiger partial charge is 0.314 e. The first kappa shape index (κ1) is 17.9. The van der Waals surface area contributed by atoms with Crippen LogP contribution in [0.4, 0.5) is 0 Å². The molecule has 0 saturated carbocycles. The SMILES string of the molecule is CCCCCCCC(C)NCC(C)(C)CN(C)C. The fraction of sp³-hybridized carbons (Fsp3) is 1.00. The van der Waals surface area contributed by atoms with Crippen molar-refractivity contribution in [1.29, 1.82) is 0 Å². The topological polar surface area (TPSA) is 15.3 Å². The summed E-state index contributed by atoms with van der Waals surface area (Å²) in [4.78, 5) is 2.27. The maximum atomic E-state index is 3.69. The van der Waals surface area contributed by atoms with Gasteiger partial charge in [0.2, 0.25) is 0 Å². The number of nitrogens with zero attached hydrogens (tertiary/aromatic N) is 1. The van der Waals surface area contributed by atoms with Gasteiger partial charge in [0.25, 0.3) is 0 Å². The molecule has 0 heterocycles. The average molecular weight is 256 g/mol. The van der Waals surface area contributed by atoms with Gasteiger partial charge in [0.05, 0.1) is 0 Å². The molecule has 0 fully saturated rings. The molecule has 0 spiro atoms. The van der Waals surface area contributed by atoms with Gasteiger partial charge in [-0.15, -0.1) is 0 Å². The molecule has 1 unspecified atom stereocenters. The molecule has 1 N–H and O–H groups in total. The van der Waals surface area contributed by atoms with E-state index >= 15 is 0 Å². The zero-order valence-corrected chi connectivity index (χ0v) is 13.7. The lowest BCUT2D eigenvalue weighted by Gasteiger charge is -2.30. The Morgan fingerprint density at radius 1 is 1.06 bits per heavy atom. The summed E-state index contributed by atoms with van der Waals surface area (Å²) in [5.41, 5.74) is 0.361. The Morgan fingerprint density at radius 3 is 2.22 bits per heavy atom.